The average Bonchev–Trinajstić information content (AvgIpc) is 2.58. The Morgan fingerprint density at radius 3 is 2.47 bits per heavy atom. The Morgan fingerprint density at radius 2 is 1.60 bits per heavy atom. The van der Waals surface area contributed by atoms with Crippen molar-refractivity contribution >= 4 is 0 Å². The van der Waals surface area contributed by atoms with E-state index in [0.717, 1.165) is 24.7 Å². The third-order valence-corrected chi connectivity index (χ3v) is 5.27. The second kappa shape index (κ2) is 3.46. The van der Waals surface area contributed by atoms with Crippen LogP contribution in [0, 0.1) is 23.7 Å². The maximum absolute atomic E-state index is 10.0. The second-order valence-corrected chi connectivity index (χ2v) is 5.99. The Hall–Kier alpha value is -0.0800. The molecule has 4 unspecified atom stereocenters. The van der Waals surface area contributed by atoms with Gasteiger partial charge in [0.05, 0.1) is 0 Å². The lowest BCUT2D eigenvalue weighted by molar-refractivity contribution is -0.227. The van der Waals surface area contributed by atoms with E-state index in [9.17, 15) is 10.2 Å². The summed E-state index contributed by atoms with van der Waals surface area (Å²) in [6, 6.07) is 0. The van der Waals surface area contributed by atoms with Gasteiger partial charge in [-0.25, -0.2) is 0 Å². The van der Waals surface area contributed by atoms with E-state index < -0.39 is 5.79 Å². The van der Waals surface area contributed by atoms with Gasteiger partial charge in [-0.05, 0) is 43.4 Å². The highest BCUT2D eigenvalue weighted by molar-refractivity contribution is 4.99. The van der Waals surface area contributed by atoms with Crippen molar-refractivity contribution in [3.05, 3.63) is 0 Å². The lowest BCUT2D eigenvalue weighted by Crippen LogP contribution is -2.43. The van der Waals surface area contributed by atoms with Crippen molar-refractivity contribution in [2.24, 2.45) is 23.7 Å². The monoisotopic (exact) mass is 210 g/mol. The highest BCUT2D eigenvalue weighted by atomic mass is 16.5. The van der Waals surface area contributed by atoms with Crippen LogP contribution in [-0.2, 0) is 0 Å². The lowest BCUT2D eigenvalue weighted by Gasteiger charge is -2.39. The molecule has 0 aromatic carbocycles. The predicted octanol–water partition coefficient (Wildman–Crippen LogP) is 2.29. The number of hydrogen-bond acceptors (Lipinski definition) is 2. The lowest BCUT2D eigenvalue weighted by atomic mass is 9.71. The van der Waals surface area contributed by atoms with Crippen LogP contribution < -0.4 is 0 Å². The van der Waals surface area contributed by atoms with Crippen LogP contribution in [0.25, 0.3) is 0 Å². The summed E-state index contributed by atoms with van der Waals surface area (Å²) in [5.41, 5.74) is 0. The minimum Gasteiger partial charge on any atom is -0.365 e. The van der Waals surface area contributed by atoms with Crippen molar-refractivity contribution in [3.63, 3.8) is 0 Å². The van der Waals surface area contributed by atoms with E-state index >= 15 is 0 Å². The van der Waals surface area contributed by atoms with Crippen LogP contribution in [0.15, 0.2) is 0 Å². The normalized spacial score (nSPS) is 48.4. The van der Waals surface area contributed by atoms with E-state index in [1.165, 1.54) is 32.1 Å². The highest BCUT2D eigenvalue weighted by Crippen LogP contribution is 2.56. The van der Waals surface area contributed by atoms with Crippen molar-refractivity contribution in [2.45, 2.75) is 57.2 Å². The zero-order chi connectivity index (χ0) is 10.5. The van der Waals surface area contributed by atoms with E-state index in [1.807, 2.05) is 0 Å². The molecule has 2 nitrogen and oxygen atoms in total. The Kier molecular flexibility index (Phi) is 2.33. The van der Waals surface area contributed by atoms with Gasteiger partial charge in [-0.3, -0.25) is 0 Å². The fourth-order valence-electron chi connectivity index (χ4n) is 4.62. The summed E-state index contributed by atoms with van der Waals surface area (Å²) in [5, 5.41) is 20.1. The minimum absolute atomic E-state index is 0.194. The van der Waals surface area contributed by atoms with Gasteiger partial charge in [-0.1, -0.05) is 19.3 Å². The molecule has 0 radical (unpaired) electrons. The SMILES string of the molecule is OC1(O)CCCC2C3CCCCC3CC21. The van der Waals surface area contributed by atoms with Crippen molar-refractivity contribution in [3.8, 4) is 0 Å². The van der Waals surface area contributed by atoms with Gasteiger partial charge >= 0.3 is 0 Å². The molecule has 15 heavy (non-hydrogen) atoms. The number of hydrogen-bond donors (Lipinski definition) is 2. The maximum Gasteiger partial charge on any atom is 0.165 e. The first-order valence-corrected chi connectivity index (χ1v) is 6.63. The maximum atomic E-state index is 10.0. The Bertz CT molecular complexity index is 249. The molecule has 0 saturated heterocycles. The molecule has 0 heterocycles. The zero-order valence-corrected chi connectivity index (χ0v) is 9.36. The summed E-state index contributed by atoms with van der Waals surface area (Å²) < 4.78 is 0. The summed E-state index contributed by atoms with van der Waals surface area (Å²) in [7, 11) is 0. The number of rotatable bonds is 0. The van der Waals surface area contributed by atoms with Crippen LogP contribution in [0.3, 0.4) is 0 Å². The fraction of sp³-hybridized carbons (Fsp3) is 1.00. The summed E-state index contributed by atoms with van der Waals surface area (Å²) in [6.07, 6.45) is 9.37. The summed E-state index contributed by atoms with van der Waals surface area (Å²) >= 11 is 0. The van der Waals surface area contributed by atoms with Crippen molar-refractivity contribution in [1.82, 2.24) is 0 Å². The van der Waals surface area contributed by atoms with Gasteiger partial charge in [-0.2, -0.15) is 0 Å². The molecule has 3 fully saturated rings. The molecule has 3 rings (SSSR count). The summed E-state index contributed by atoms with van der Waals surface area (Å²) in [5.74, 6) is 1.12. The van der Waals surface area contributed by atoms with Crippen LogP contribution in [0.2, 0.25) is 0 Å². The van der Waals surface area contributed by atoms with Gasteiger partial charge in [-0.15, -0.1) is 0 Å². The van der Waals surface area contributed by atoms with Gasteiger partial charge in [0.1, 0.15) is 0 Å². The van der Waals surface area contributed by atoms with E-state index in [4.69, 9.17) is 0 Å². The molecule has 0 aromatic heterocycles. The first-order chi connectivity index (χ1) is 7.18. The van der Waals surface area contributed by atoms with Crippen molar-refractivity contribution < 1.29 is 10.2 Å². The van der Waals surface area contributed by atoms with Crippen LogP contribution in [0.4, 0.5) is 0 Å². The summed E-state index contributed by atoms with van der Waals surface area (Å²) in [4.78, 5) is 0. The van der Waals surface area contributed by atoms with Crippen LogP contribution in [0.1, 0.15) is 51.4 Å². The molecule has 0 bridgehead atoms. The Balaban J connectivity index is 1.83. The predicted molar refractivity (Wildman–Crippen MR) is 58.1 cm³/mol. The zero-order valence-electron chi connectivity index (χ0n) is 9.36. The van der Waals surface area contributed by atoms with Gasteiger partial charge in [0.25, 0.3) is 0 Å². The van der Waals surface area contributed by atoms with Gasteiger partial charge in [0.2, 0.25) is 0 Å². The first-order valence-electron chi connectivity index (χ1n) is 6.63. The number of fused-ring (bicyclic) bond motifs is 3. The molecular weight excluding hydrogens is 188 g/mol. The Morgan fingerprint density at radius 1 is 0.867 bits per heavy atom. The van der Waals surface area contributed by atoms with Gasteiger partial charge < -0.3 is 10.2 Å². The van der Waals surface area contributed by atoms with E-state index in [2.05, 4.69) is 0 Å². The molecule has 0 aliphatic heterocycles. The highest BCUT2D eigenvalue weighted by Gasteiger charge is 2.53. The van der Waals surface area contributed by atoms with E-state index in [-0.39, 0.29) is 5.92 Å². The largest absolute Gasteiger partial charge is 0.365 e. The first kappa shape index (κ1) is 10.1. The molecule has 3 aliphatic rings. The molecule has 2 N–H and O–H groups in total. The fourth-order valence-corrected chi connectivity index (χ4v) is 4.62. The smallest absolute Gasteiger partial charge is 0.165 e. The molecule has 3 aliphatic carbocycles. The van der Waals surface area contributed by atoms with E-state index in [0.29, 0.717) is 12.3 Å². The quantitative estimate of drug-likeness (QED) is 0.602. The molecule has 86 valence electrons. The van der Waals surface area contributed by atoms with Crippen LogP contribution >= 0.6 is 0 Å². The molecule has 4 atom stereocenters. The molecular formula is C13H22O2. The average molecular weight is 210 g/mol. The van der Waals surface area contributed by atoms with Crippen molar-refractivity contribution in [1.29, 1.82) is 0 Å². The number of aliphatic hydroxyl groups is 2. The van der Waals surface area contributed by atoms with Crippen LogP contribution in [0.5, 0.6) is 0 Å². The standard InChI is InChI=1S/C13H22O2/c14-13(15)7-3-6-11-10-5-2-1-4-9(10)8-12(11)13/h9-12,14-15H,1-8H2. The molecule has 3 saturated carbocycles. The van der Waals surface area contributed by atoms with Crippen LogP contribution in [-0.4, -0.2) is 16.0 Å². The second-order valence-electron chi connectivity index (χ2n) is 5.99. The minimum atomic E-state index is -1.33. The van der Waals surface area contributed by atoms with Gasteiger partial charge in [0, 0.05) is 12.3 Å². The van der Waals surface area contributed by atoms with Gasteiger partial charge in [0.15, 0.2) is 5.79 Å². The third kappa shape index (κ3) is 1.53. The summed E-state index contributed by atoms with van der Waals surface area (Å²) in [6.45, 7) is 0. The Labute approximate surface area is 91.7 Å². The molecule has 0 spiro atoms. The molecule has 2 heteroatoms. The molecule has 0 aromatic rings. The van der Waals surface area contributed by atoms with E-state index in [1.54, 1.807) is 0 Å². The molecule has 0 amide bonds. The van der Waals surface area contributed by atoms with Crippen molar-refractivity contribution in [2.75, 3.05) is 0 Å². The third-order valence-electron chi connectivity index (χ3n) is 5.27. The topological polar surface area (TPSA) is 40.5 Å².